The van der Waals surface area contributed by atoms with E-state index in [2.05, 4.69) is 10.6 Å². The number of rotatable bonds is 11. The Balaban J connectivity index is 3.76. The number of hydrogen-bond donors (Lipinski definition) is 4. The number of aliphatic carboxylic acids is 1. The Hall–Kier alpha value is -1.18. The molecule has 1 unspecified atom stereocenters. The Kier molecular flexibility index (Phi) is 9.11. The van der Waals surface area contributed by atoms with Gasteiger partial charge in [0.05, 0.1) is 12.2 Å². The second-order valence-corrected chi connectivity index (χ2v) is 5.15. The maximum atomic E-state index is 11.5. The quantitative estimate of drug-likeness (QED) is 0.390. The molecule has 0 heterocycles. The van der Waals surface area contributed by atoms with E-state index in [4.69, 9.17) is 14.9 Å². The van der Waals surface area contributed by atoms with Gasteiger partial charge in [-0.15, -0.1) is 0 Å². The zero-order valence-corrected chi connectivity index (χ0v) is 12.4. The first-order valence-electron chi connectivity index (χ1n) is 6.74. The Labute approximate surface area is 119 Å². The van der Waals surface area contributed by atoms with Crippen molar-refractivity contribution in [3.8, 4) is 0 Å². The lowest BCUT2D eigenvalue weighted by Crippen LogP contribution is -2.36. The molecule has 7 nitrogen and oxygen atoms in total. The van der Waals surface area contributed by atoms with Crippen LogP contribution < -0.4 is 10.6 Å². The van der Waals surface area contributed by atoms with Crippen LogP contribution in [0.25, 0.3) is 0 Å². The van der Waals surface area contributed by atoms with Gasteiger partial charge in [0.15, 0.2) is 0 Å². The van der Waals surface area contributed by atoms with Crippen molar-refractivity contribution in [2.45, 2.75) is 44.8 Å². The van der Waals surface area contributed by atoms with Gasteiger partial charge in [-0.25, -0.2) is 0 Å². The lowest BCUT2D eigenvalue weighted by molar-refractivity contribution is -0.139. The predicted molar refractivity (Wildman–Crippen MR) is 74.5 cm³/mol. The fourth-order valence-corrected chi connectivity index (χ4v) is 1.61. The number of hydrogen-bond acceptors (Lipinski definition) is 5. The lowest BCUT2D eigenvalue weighted by atomic mass is 10.1. The zero-order chi connectivity index (χ0) is 15.6. The highest BCUT2D eigenvalue weighted by molar-refractivity contribution is 5.78. The molecule has 0 bridgehead atoms. The highest BCUT2D eigenvalue weighted by Crippen LogP contribution is 2.12. The summed E-state index contributed by atoms with van der Waals surface area (Å²) < 4.78 is 5.52. The van der Waals surface area contributed by atoms with Crippen molar-refractivity contribution in [3.63, 3.8) is 0 Å². The molecule has 4 N–H and O–H groups in total. The van der Waals surface area contributed by atoms with Crippen molar-refractivity contribution in [1.29, 1.82) is 0 Å². The molecule has 0 aromatic rings. The molecule has 0 aromatic heterocycles. The van der Waals surface area contributed by atoms with E-state index in [-0.39, 0.29) is 25.4 Å². The van der Waals surface area contributed by atoms with E-state index in [9.17, 15) is 9.59 Å². The molecule has 0 spiro atoms. The van der Waals surface area contributed by atoms with Gasteiger partial charge in [0.25, 0.3) is 0 Å². The predicted octanol–water partition coefficient (Wildman–Crippen LogP) is -0.267. The van der Waals surface area contributed by atoms with Crippen molar-refractivity contribution >= 4 is 11.9 Å². The molecule has 0 aliphatic carbocycles. The summed E-state index contributed by atoms with van der Waals surface area (Å²) >= 11 is 0. The lowest BCUT2D eigenvalue weighted by Gasteiger charge is -2.24. The Morgan fingerprint density at radius 3 is 2.50 bits per heavy atom. The van der Waals surface area contributed by atoms with E-state index >= 15 is 0 Å². The summed E-state index contributed by atoms with van der Waals surface area (Å²) in [5.74, 6) is -1.16. The molecule has 118 valence electrons. The largest absolute Gasteiger partial charge is 0.480 e. The van der Waals surface area contributed by atoms with Gasteiger partial charge < -0.3 is 25.6 Å². The summed E-state index contributed by atoms with van der Waals surface area (Å²) in [6.07, 6.45) is 0.926. The molecule has 0 aliphatic heterocycles. The first kappa shape index (κ1) is 18.8. The molecule has 0 rings (SSSR count). The highest BCUT2D eigenvalue weighted by Gasteiger charge is 2.18. The van der Waals surface area contributed by atoms with Crippen molar-refractivity contribution in [2.24, 2.45) is 0 Å². The van der Waals surface area contributed by atoms with Gasteiger partial charge in [0.2, 0.25) is 5.91 Å². The van der Waals surface area contributed by atoms with Crippen molar-refractivity contribution < 1.29 is 24.5 Å². The van der Waals surface area contributed by atoms with Crippen LogP contribution in [0.15, 0.2) is 0 Å². The number of carbonyl (C=O) groups is 2. The molecule has 1 atom stereocenters. The minimum absolute atomic E-state index is 0.0555. The molecule has 0 saturated carbocycles. The molecule has 0 saturated heterocycles. The number of amides is 1. The second-order valence-electron chi connectivity index (χ2n) is 5.15. The normalized spacial score (nSPS) is 13.0. The van der Waals surface area contributed by atoms with Crippen molar-refractivity contribution in [3.05, 3.63) is 0 Å². The van der Waals surface area contributed by atoms with Gasteiger partial charge >= 0.3 is 5.97 Å². The average molecular weight is 290 g/mol. The van der Waals surface area contributed by atoms with Crippen LogP contribution in [0, 0.1) is 0 Å². The number of aliphatic hydroxyl groups excluding tert-OH is 1. The monoisotopic (exact) mass is 290 g/mol. The fraction of sp³-hybridized carbons (Fsp3) is 0.846. The van der Waals surface area contributed by atoms with Crippen LogP contribution in [0.1, 0.15) is 33.1 Å². The van der Waals surface area contributed by atoms with Crippen LogP contribution in [-0.2, 0) is 14.3 Å². The van der Waals surface area contributed by atoms with Gasteiger partial charge in [-0.1, -0.05) is 0 Å². The number of carbonyl (C=O) groups excluding carboxylic acids is 1. The van der Waals surface area contributed by atoms with E-state index in [1.807, 2.05) is 13.8 Å². The summed E-state index contributed by atoms with van der Waals surface area (Å²) in [5.41, 5.74) is -0.417. The molecule has 0 aromatic carbocycles. The maximum Gasteiger partial charge on any atom is 0.320 e. The number of carboxylic acid groups (broad SMARTS) is 1. The van der Waals surface area contributed by atoms with Crippen LogP contribution in [-0.4, -0.2) is 60.5 Å². The molecule has 0 fully saturated rings. The molecule has 20 heavy (non-hydrogen) atoms. The summed E-state index contributed by atoms with van der Waals surface area (Å²) in [4.78, 5) is 22.2. The summed E-state index contributed by atoms with van der Waals surface area (Å²) in [5, 5.41) is 22.9. The minimum Gasteiger partial charge on any atom is -0.480 e. The van der Waals surface area contributed by atoms with Crippen molar-refractivity contribution in [1.82, 2.24) is 10.6 Å². The van der Waals surface area contributed by atoms with Crippen LogP contribution in [0.3, 0.4) is 0 Å². The number of aliphatic hydroxyl groups is 1. The third kappa shape index (κ3) is 8.84. The number of likely N-dealkylation sites (N-methyl/N-ethyl adjacent to an activating group) is 1. The third-order valence-electron chi connectivity index (χ3n) is 2.94. The Morgan fingerprint density at radius 1 is 1.35 bits per heavy atom. The van der Waals surface area contributed by atoms with Crippen LogP contribution in [0.2, 0.25) is 0 Å². The van der Waals surface area contributed by atoms with Gasteiger partial charge in [0, 0.05) is 19.6 Å². The summed E-state index contributed by atoms with van der Waals surface area (Å²) in [7, 11) is 1.55. The fourth-order valence-electron chi connectivity index (χ4n) is 1.61. The number of ether oxygens (including phenoxy) is 1. The number of nitrogens with one attached hydrogen (secondary N) is 2. The van der Waals surface area contributed by atoms with Crippen molar-refractivity contribution in [2.75, 3.05) is 26.8 Å². The van der Waals surface area contributed by atoms with Gasteiger partial charge in [-0.05, 0) is 33.7 Å². The SMILES string of the molecule is CNC(CCC(=O)NCCOC(C)(C)CCO)C(=O)O. The van der Waals surface area contributed by atoms with E-state index in [1.165, 1.54) is 0 Å². The minimum atomic E-state index is -0.964. The molecule has 7 heteroatoms. The van der Waals surface area contributed by atoms with Gasteiger partial charge in [0.1, 0.15) is 6.04 Å². The Morgan fingerprint density at radius 2 is 2.00 bits per heavy atom. The zero-order valence-electron chi connectivity index (χ0n) is 12.4. The van der Waals surface area contributed by atoms with Gasteiger partial charge in [-0.2, -0.15) is 0 Å². The molecular formula is C13H26N2O5. The molecule has 0 radical (unpaired) electrons. The first-order chi connectivity index (χ1) is 9.32. The molecular weight excluding hydrogens is 264 g/mol. The second kappa shape index (κ2) is 9.68. The van der Waals surface area contributed by atoms with Crippen LogP contribution in [0.5, 0.6) is 0 Å². The molecule has 0 aliphatic rings. The van der Waals surface area contributed by atoms with E-state index in [1.54, 1.807) is 7.05 Å². The molecule has 1 amide bonds. The standard InChI is InChI=1S/C13H26N2O5/c1-13(2,6-8-16)20-9-7-15-11(17)5-4-10(14-3)12(18)19/h10,14,16H,4-9H2,1-3H3,(H,15,17)(H,18,19). The maximum absolute atomic E-state index is 11.5. The smallest absolute Gasteiger partial charge is 0.320 e. The first-order valence-corrected chi connectivity index (χ1v) is 6.74. The topological polar surface area (TPSA) is 108 Å². The Bertz CT molecular complexity index is 307. The summed E-state index contributed by atoms with van der Waals surface area (Å²) in [6, 6.07) is -0.708. The number of carboxylic acids is 1. The summed E-state index contributed by atoms with van der Waals surface area (Å²) in [6.45, 7) is 4.52. The van der Waals surface area contributed by atoms with E-state index < -0.39 is 17.6 Å². The average Bonchev–Trinajstić information content (AvgIpc) is 2.35. The van der Waals surface area contributed by atoms with Crippen LogP contribution in [0.4, 0.5) is 0 Å². The van der Waals surface area contributed by atoms with E-state index in [0.717, 1.165) is 0 Å². The van der Waals surface area contributed by atoms with Gasteiger partial charge in [-0.3, -0.25) is 9.59 Å². The van der Waals surface area contributed by atoms with E-state index in [0.29, 0.717) is 19.6 Å². The highest BCUT2D eigenvalue weighted by atomic mass is 16.5. The third-order valence-corrected chi connectivity index (χ3v) is 2.94. The van der Waals surface area contributed by atoms with Crippen LogP contribution >= 0.6 is 0 Å².